The molecule has 0 bridgehead atoms. The van der Waals surface area contributed by atoms with E-state index in [1.165, 1.54) is 22.3 Å². The first-order chi connectivity index (χ1) is 14.5. The van der Waals surface area contributed by atoms with Crippen LogP contribution in [-0.4, -0.2) is 19.1 Å². The van der Waals surface area contributed by atoms with E-state index in [2.05, 4.69) is 55.6 Å². The van der Waals surface area contributed by atoms with Gasteiger partial charge in [0.15, 0.2) is 0 Å². The van der Waals surface area contributed by atoms with Crippen LogP contribution in [0.2, 0.25) is 5.02 Å². The number of aryl methyl sites for hydroxylation is 2. The van der Waals surface area contributed by atoms with Crippen molar-refractivity contribution in [3.63, 3.8) is 0 Å². The number of carbonyl (C=O) groups is 1. The summed E-state index contributed by atoms with van der Waals surface area (Å²) in [4.78, 5) is 11.5. The monoisotopic (exact) mass is 423 g/mol. The number of esters is 1. The van der Waals surface area contributed by atoms with E-state index >= 15 is 0 Å². The van der Waals surface area contributed by atoms with Crippen molar-refractivity contribution < 1.29 is 14.3 Å². The van der Waals surface area contributed by atoms with Crippen molar-refractivity contribution in [1.29, 1.82) is 0 Å². The van der Waals surface area contributed by atoms with Crippen molar-refractivity contribution in [3.05, 3.63) is 82.4 Å². The van der Waals surface area contributed by atoms with Gasteiger partial charge in [0.1, 0.15) is 18.9 Å². The molecule has 0 aliphatic heterocycles. The number of hydrogen-bond donors (Lipinski definition) is 1. The van der Waals surface area contributed by atoms with Gasteiger partial charge in [0.2, 0.25) is 0 Å². The van der Waals surface area contributed by atoms with E-state index in [-0.39, 0.29) is 12.5 Å². The second-order valence-electron chi connectivity index (χ2n) is 7.06. The highest BCUT2D eigenvalue weighted by molar-refractivity contribution is 6.33. The van der Waals surface area contributed by atoms with Crippen molar-refractivity contribution in [1.82, 2.24) is 0 Å². The van der Waals surface area contributed by atoms with Crippen molar-refractivity contribution in [2.45, 2.75) is 27.4 Å². The molecule has 0 saturated carbocycles. The maximum absolute atomic E-state index is 11.5. The highest BCUT2D eigenvalue weighted by Crippen LogP contribution is 2.29. The summed E-state index contributed by atoms with van der Waals surface area (Å²) in [5.74, 6) is 0.344. The Hall–Kier alpha value is -2.98. The van der Waals surface area contributed by atoms with Crippen molar-refractivity contribution in [2.75, 3.05) is 18.5 Å². The Balaban J connectivity index is 1.66. The summed E-state index contributed by atoms with van der Waals surface area (Å²) in [5, 5.41) is 3.46. The molecule has 0 aliphatic rings. The molecule has 0 amide bonds. The standard InChI is InChI=1S/C25H26ClNO3/c1-4-29-24(28)15-27-23-12-11-21(14-22(23)26)30-16-19-9-6-10-20(13-19)25-17(2)7-5-8-18(25)3/h5-14,27H,4,15-16H2,1-3H3. The predicted octanol–water partition coefficient (Wildman–Crippen LogP) is 6.18. The highest BCUT2D eigenvalue weighted by Gasteiger charge is 2.08. The molecule has 0 atom stereocenters. The van der Waals surface area contributed by atoms with Gasteiger partial charge < -0.3 is 14.8 Å². The average Bonchev–Trinajstić information content (AvgIpc) is 2.72. The van der Waals surface area contributed by atoms with E-state index in [0.29, 0.717) is 29.7 Å². The molecule has 0 spiro atoms. The molecular weight excluding hydrogens is 398 g/mol. The number of carbonyl (C=O) groups excluding carboxylic acids is 1. The number of rotatable bonds is 8. The lowest BCUT2D eigenvalue weighted by atomic mass is 9.95. The van der Waals surface area contributed by atoms with Gasteiger partial charge in [-0.05, 0) is 66.8 Å². The number of benzene rings is 3. The van der Waals surface area contributed by atoms with E-state index in [9.17, 15) is 4.79 Å². The predicted molar refractivity (Wildman–Crippen MR) is 122 cm³/mol. The summed E-state index contributed by atoms with van der Waals surface area (Å²) in [6.07, 6.45) is 0. The van der Waals surface area contributed by atoms with Gasteiger partial charge in [-0.1, -0.05) is 48.0 Å². The number of anilines is 1. The normalized spacial score (nSPS) is 10.5. The van der Waals surface area contributed by atoms with Crippen LogP contribution < -0.4 is 10.1 Å². The first-order valence-corrected chi connectivity index (χ1v) is 10.3. The smallest absolute Gasteiger partial charge is 0.325 e. The summed E-state index contributed by atoms with van der Waals surface area (Å²) < 4.78 is 10.8. The van der Waals surface area contributed by atoms with Crippen molar-refractivity contribution in [2.24, 2.45) is 0 Å². The Bertz CT molecular complexity index is 1010. The molecule has 3 aromatic carbocycles. The third kappa shape index (κ3) is 5.55. The van der Waals surface area contributed by atoms with E-state index in [1.54, 1.807) is 19.1 Å². The summed E-state index contributed by atoms with van der Waals surface area (Å²) in [6, 6.07) is 20.1. The molecular formula is C25H26ClNO3. The number of halogens is 1. The molecule has 0 aromatic heterocycles. The lowest BCUT2D eigenvalue weighted by molar-refractivity contribution is -0.140. The minimum absolute atomic E-state index is 0.0683. The lowest BCUT2D eigenvalue weighted by Gasteiger charge is -2.13. The second kappa shape index (κ2) is 10.2. The van der Waals surface area contributed by atoms with Crippen LogP contribution in [0.5, 0.6) is 5.75 Å². The zero-order valence-electron chi connectivity index (χ0n) is 17.5. The molecule has 3 rings (SSSR count). The summed E-state index contributed by atoms with van der Waals surface area (Å²) in [6.45, 7) is 6.89. The molecule has 30 heavy (non-hydrogen) atoms. The molecule has 5 heteroatoms. The quantitative estimate of drug-likeness (QED) is 0.439. The Morgan fingerprint density at radius 2 is 1.73 bits per heavy atom. The van der Waals surface area contributed by atoms with E-state index < -0.39 is 0 Å². The molecule has 1 N–H and O–H groups in total. The Morgan fingerprint density at radius 1 is 1.00 bits per heavy atom. The third-order valence-electron chi connectivity index (χ3n) is 4.77. The maximum Gasteiger partial charge on any atom is 0.325 e. The van der Waals surface area contributed by atoms with Gasteiger partial charge in [0, 0.05) is 6.07 Å². The summed E-state index contributed by atoms with van der Waals surface area (Å²) in [5.41, 5.74) is 6.70. The van der Waals surface area contributed by atoms with Gasteiger partial charge in [-0.25, -0.2) is 0 Å². The summed E-state index contributed by atoms with van der Waals surface area (Å²) >= 11 is 6.32. The van der Waals surface area contributed by atoms with Gasteiger partial charge in [-0.3, -0.25) is 4.79 Å². The molecule has 0 unspecified atom stereocenters. The molecule has 3 aromatic rings. The molecule has 156 valence electrons. The van der Waals surface area contributed by atoms with Crippen LogP contribution >= 0.6 is 11.6 Å². The van der Waals surface area contributed by atoms with Crippen LogP contribution in [0.3, 0.4) is 0 Å². The number of nitrogens with one attached hydrogen (secondary N) is 1. The van der Waals surface area contributed by atoms with Gasteiger partial charge in [0.25, 0.3) is 0 Å². The minimum Gasteiger partial charge on any atom is -0.489 e. The molecule has 4 nitrogen and oxygen atoms in total. The van der Waals surface area contributed by atoms with Crippen LogP contribution in [0.1, 0.15) is 23.6 Å². The van der Waals surface area contributed by atoms with Gasteiger partial charge in [-0.15, -0.1) is 0 Å². The molecule has 0 fully saturated rings. The zero-order chi connectivity index (χ0) is 21.5. The molecule has 0 radical (unpaired) electrons. The van der Waals surface area contributed by atoms with Crippen LogP contribution in [-0.2, 0) is 16.1 Å². The highest BCUT2D eigenvalue weighted by atomic mass is 35.5. The number of ether oxygens (including phenoxy) is 2. The van der Waals surface area contributed by atoms with Gasteiger partial charge in [0.05, 0.1) is 17.3 Å². The molecule has 0 saturated heterocycles. The lowest BCUT2D eigenvalue weighted by Crippen LogP contribution is -2.16. The van der Waals surface area contributed by atoms with Crippen molar-refractivity contribution in [3.8, 4) is 16.9 Å². The topological polar surface area (TPSA) is 47.6 Å². The maximum atomic E-state index is 11.5. The Kier molecular flexibility index (Phi) is 7.36. The average molecular weight is 424 g/mol. The van der Waals surface area contributed by atoms with Crippen molar-refractivity contribution >= 4 is 23.3 Å². The first kappa shape index (κ1) is 21.7. The van der Waals surface area contributed by atoms with Gasteiger partial charge in [-0.2, -0.15) is 0 Å². The fraction of sp³-hybridized carbons (Fsp3) is 0.240. The van der Waals surface area contributed by atoms with Crippen LogP contribution in [0.15, 0.2) is 60.7 Å². The van der Waals surface area contributed by atoms with Crippen LogP contribution in [0.25, 0.3) is 11.1 Å². The van der Waals surface area contributed by atoms with Crippen LogP contribution in [0.4, 0.5) is 5.69 Å². The largest absolute Gasteiger partial charge is 0.489 e. The summed E-state index contributed by atoms with van der Waals surface area (Å²) in [7, 11) is 0. The third-order valence-corrected chi connectivity index (χ3v) is 5.08. The Labute approximate surface area is 182 Å². The minimum atomic E-state index is -0.322. The molecule has 0 heterocycles. The molecule has 0 aliphatic carbocycles. The fourth-order valence-electron chi connectivity index (χ4n) is 3.36. The SMILES string of the molecule is CCOC(=O)CNc1ccc(OCc2cccc(-c3c(C)cccc3C)c2)cc1Cl. The zero-order valence-corrected chi connectivity index (χ0v) is 18.3. The second-order valence-corrected chi connectivity index (χ2v) is 7.46. The number of hydrogen-bond acceptors (Lipinski definition) is 4. The van der Waals surface area contributed by atoms with Gasteiger partial charge >= 0.3 is 5.97 Å². The van der Waals surface area contributed by atoms with E-state index in [0.717, 1.165) is 5.56 Å². The first-order valence-electron chi connectivity index (χ1n) is 9.95. The Morgan fingerprint density at radius 3 is 2.43 bits per heavy atom. The fourth-order valence-corrected chi connectivity index (χ4v) is 3.60. The van der Waals surface area contributed by atoms with Crippen LogP contribution in [0, 0.1) is 13.8 Å². The van der Waals surface area contributed by atoms with E-state index in [4.69, 9.17) is 21.1 Å². The van der Waals surface area contributed by atoms with E-state index in [1.807, 2.05) is 12.1 Å².